The van der Waals surface area contributed by atoms with E-state index in [4.69, 9.17) is 19.2 Å². The van der Waals surface area contributed by atoms with Crippen LogP contribution in [-0.4, -0.2) is 26.3 Å². The van der Waals surface area contributed by atoms with Crippen LogP contribution in [0.1, 0.15) is 37.0 Å². The van der Waals surface area contributed by atoms with Crippen LogP contribution in [0.15, 0.2) is 17.5 Å². The van der Waals surface area contributed by atoms with Crippen LogP contribution in [0.25, 0.3) is 0 Å². The van der Waals surface area contributed by atoms with Gasteiger partial charge in [-0.3, -0.25) is 0 Å². The minimum atomic E-state index is 0.0969. The molecule has 0 unspecified atom stereocenters. The fourth-order valence-corrected chi connectivity index (χ4v) is 3.21. The van der Waals surface area contributed by atoms with Crippen LogP contribution in [0.2, 0.25) is 0 Å². The minimum absolute atomic E-state index is 0.0969. The molecule has 0 bridgehead atoms. The number of rotatable bonds is 7. The van der Waals surface area contributed by atoms with Gasteiger partial charge in [-0.25, -0.2) is 4.98 Å². The van der Waals surface area contributed by atoms with Gasteiger partial charge in [0.15, 0.2) is 11.5 Å². The summed E-state index contributed by atoms with van der Waals surface area (Å²) < 4.78 is 16.1. The monoisotopic (exact) mass is 350 g/mol. The molecule has 1 aromatic carbocycles. The predicted molar refractivity (Wildman–Crippen MR) is 97.5 cm³/mol. The van der Waals surface area contributed by atoms with Gasteiger partial charge >= 0.3 is 0 Å². The Morgan fingerprint density at radius 3 is 2.08 bits per heavy atom. The lowest BCUT2D eigenvalue weighted by Crippen LogP contribution is -2.15. The van der Waals surface area contributed by atoms with E-state index in [2.05, 4.69) is 31.5 Å². The zero-order chi connectivity index (χ0) is 17.7. The van der Waals surface area contributed by atoms with Crippen LogP contribution in [-0.2, 0) is 18.5 Å². The largest absolute Gasteiger partial charge is 0.493 e. The van der Waals surface area contributed by atoms with E-state index in [1.807, 2.05) is 12.1 Å². The first-order chi connectivity index (χ1) is 11.4. The Balaban J connectivity index is 2.03. The Morgan fingerprint density at radius 1 is 1.00 bits per heavy atom. The van der Waals surface area contributed by atoms with E-state index in [0.717, 1.165) is 22.8 Å². The normalized spacial score (nSPS) is 11.4. The SMILES string of the molecule is COc1cc(CNCc2csc(C(C)(C)C)n2)cc(OC)c1OC. The van der Waals surface area contributed by atoms with E-state index in [1.54, 1.807) is 32.7 Å². The van der Waals surface area contributed by atoms with Gasteiger partial charge in [0.2, 0.25) is 5.75 Å². The van der Waals surface area contributed by atoms with Crippen molar-refractivity contribution in [1.82, 2.24) is 10.3 Å². The number of ether oxygens (including phenoxy) is 3. The number of nitrogens with one attached hydrogen (secondary N) is 1. The summed E-state index contributed by atoms with van der Waals surface area (Å²) in [5, 5.41) is 6.69. The molecule has 2 aromatic rings. The third kappa shape index (κ3) is 4.39. The van der Waals surface area contributed by atoms with Gasteiger partial charge in [-0.15, -0.1) is 11.3 Å². The molecular weight excluding hydrogens is 324 g/mol. The summed E-state index contributed by atoms with van der Waals surface area (Å²) in [5.74, 6) is 1.94. The van der Waals surface area contributed by atoms with Gasteiger partial charge < -0.3 is 19.5 Å². The van der Waals surface area contributed by atoms with Crippen LogP contribution in [0.4, 0.5) is 0 Å². The standard InChI is InChI=1S/C18H26N2O3S/c1-18(2,3)17-20-13(11-24-17)10-19-9-12-7-14(21-4)16(23-6)15(8-12)22-5/h7-8,11,19H,9-10H2,1-6H3. The van der Waals surface area contributed by atoms with E-state index in [9.17, 15) is 0 Å². The third-order valence-electron chi connectivity index (χ3n) is 3.55. The number of aromatic nitrogens is 1. The quantitative estimate of drug-likeness (QED) is 0.824. The number of hydrogen-bond acceptors (Lipinski definition) is 6. The minimum Gasteiger partial charge on any atom is -0.493 e. The van der Waals surface area contributed by atoms with Crippen LogP contribution in [0.5, 0.6) is 17.2 Å². The second-order valence-electron chi connectivity index (χ2n) is 6.53. The first kappa shape index (κ1) is 18.5. The summed E-state index contributed by atoms with van der Waals surface area (Å²) in [6, 6.07) is 3.91. The molecule has 0 aliphatic carbocycles. The first-order valence-electron chi connectivity index (χ1n) is 7.83. The van der Waals surface area contributed by atoms with Gasteiger partial charge in [-0.05, 0) is 17.7 Å². The average Bonchev–Trinajstić information content (AvgIpc) is 3.03. The van der Waals surface area contributed by atoms with Crippen LogP contribution in [0.3, 0.4) is 0 Å². The summed E-state index contributed by atoms with van der Waals surface area (Å²) in [6.45, 7) is 7.96. The van der Waals surface area contributed by atoms with Crippen molar-refractivity contribution in [2.45, 2.75) is 39.3 Å². The van der Waals surface area contributed by atoms with Crippen molar-refractivity contribution in [2.24, 2.45) is 0 Å². The molecule has 0 saturated carbocycles. The zero-order valence-electron chi connectivity index (χ0n) is 15.2. The summed E-state index contributed by atoms with van der Waals surface area (Å²) in [6.07, 6.45) is 0. The average molecular weight is 350 g/mol. The third-order valence-corrected chi connectivity index (χ3v) is 4.87. The van der Waals surface area contributed by atoms with Crippen LogP contribution in [0, 0.1) is 0 Å². The van der Waals surface area contributed by atoms with E-state index < -0.39 is 0 Å². The van der Waals surface area contributed by atoms with Crippen molar-refractivity contribution in [3.63, 3.8) is 0 Å². The molecule has 0 aliphatic heterocycles. The highest BCUT2D eigenvalue weighted by atomic mass is 32.1. The highest BCUT2D eigenvalue weighted by Crippen LogP contribution is 2.38. The second-order valence-corrected chi connectivity index (χ2v) is 7.39. The van der Waals surface area contributed by atoms with Crippen molar-refractivity contribution in [2.75, 3.05) is 21.3 Å². The fraction of sp³-hybridized carbons (Fsp3) is 0.500. The lowest BCUT2D eigenvalue weighted by Gasteiger charge is -2.14. The molecule has 5 nitrogen and oxygen atoms in total. The molecule has 1 heterocycles. The summed E-state index contributed by atoms with van der Waals surface area (Å²) in [5.41, 5.74) is 2.23. The smallest absolute Gasteiger partial charge is 0.203 e. The van der Waals surface area contributed by atoms with Crippen molar-refractivity contribution in [1.29, 1.82) is 0 Å². The highest BCUT2D eigenvalue weighted by molar-refractivity contribution is 7.09. The number of benzene rings is 1. The van der Waals surface area contributed by atoms with E-state index in [0.29, 0.717) is 23.8 Å². The number of nitrogens with zero attached hydrogens (tertiary/aromatic N) is 1. The molecular formula is C18H26N2O3S. The number of methoxy groups -OCH3 is 3. The van der Waals surface area contributed by atoms with E-state index in [-0.39, 0.29) is 5.41 Å². The second kappa shape index (κ2) is 7.85. The van der Waals surface area contributed by atoms with Crippen molar-refractivity contribution in [3.05, 3.63) is 33.8 Å². The summed E-state index contributed by atoms with van der Waals surface area (Å²) in [7, 11) is 4.85. The summed E-state index contributed by atoms with van der Waals surface area (Å²) in [4.78, 5) is 4.69. The molecule has 1 N–H and O–H groups in total. The van der Waals surface area contributed by atoms with Crippen LogP contribution >= 0.6 is 11.3 Å². The molecule has 6 heteroatoms. The Morgan fingerprint density at radius 2 is 1.62 bits per heavy atom. The van der Waals surface area contributed by atoms with Crippen molar-refractivity contribution in [3.8, 4) is 17.2 Å². The van der Waals surface area contributed by atoms with E-state index in [1.165, 1.54) is 0 Å². The first-order valence-corrected chi connectivity index (χ1v) is 8.71. The molecule has 0 amide bonds. The lowest BCUT2D eigenvalue weighted by molar-refractivity contribution is 0.323. The molecule has 0 atom stereocenters. The lowest BCUT2D eigenvalue weighted by atomic mass is 9.98. The van der Waals surface area contributed by atoms with Gasteiger partial charge in [-0.2, -0.15) is 0 Å². The maximum atomic E-state index is 5.38. The molecule has 0 aliphatic rings. The fourth-order valence-electron chi connectivity index (χ4n) is 2.31. The van der Waals surface area contributed by atoms with E-state index >= 15 is 0 Å². The Hall–Kier alpha value is -1.79. The maximum Gasteiger partial charge on any atom is 0.203 e. The molecule has 2 rings (SSSR count). The van der Waals surface area contributed by atoms with Crippen molar-refractivity contribution < 1.29 is 14.2 Å². The van der Waals surface area contributed by atoms with Crippen LogP contribution < -0.4 is 19.5 Å². The number of hydrogen-bond donors (Lipinski definition) is 1. The topological polar surface area (TPSA) is 52.6 Å². The van der Waals surface area contributed by atoms with Crippen molar-refractivity contribution >= 4 is 11.3 Å². The molecule has 24 heavy (non-hydrogen) atoms. The Bertz CT molecular complexity index is 652. The number of thiazole rings is 1. The molecule has 0 radical (unpaired) electrons. The van der Waals surface area contributed by atoms with Gasteiger partial charge in [-0.1, -0.05) is 20.8 Å². The predicted octanol–water partition coefficient (Wildman–Crippen LogP) is 3.76. The van der Waals surface area contributed by atoms with Gasteiger partial charge in [0.1, 0.15) is 0 Å². The zero-order valence-corrected chi connectivity index (χ0v) is 16.0. The molecule has 0 saturated heterocycles. The molecule has 0 fully saturated rings. The van der Waals surface area contributed by atoms with Gasteiger partial charge in [0.05, 0.1) is 32.0 Å². The van der Waals surface area contributed by atoms with Gasteiger partial charge in [0, 0.05) is 23.9 Å². The van der Waals surface area contributed by atoms with Gasteiger partial charge in [0.25, 0.3) is 0 Å². The Labute approximate surface area is 148 Å². The molecule has 0 spiro atoms. The summed E-state index contributed by atoms with van der Waals surface area (Å²) >= 11 is 1.71. The maximum absolute atomic E-state index is 5.38. The Kier molecular flexibility index (Phi) is 6.07. The molecule has 1 aromatic heterocycles. The highest BCUT2D eigenvalue weighted by Gasteiger charge is 2.18. The molecule has 132 valence electrons.